The first kappa shape index (κ1) is 21.3. The van der Waals surface area contributed by atoms with Crippen LogP contribution in [0, 0.1) is 12.4 Å². The third kappa shape index (κ3) is 5.35. The average molecular weight is 409 g/mol. The van der Waals surface area contributed by atoms with Gasteiger partial charge in [0.1, 0.15) is 18.0 Å². The number of benzene rings is 1. The van der Waals surface area contributed by atoms with Gasteiger partial charge in [-0.15, -0.1) is 0 Å². The Morgan fingerprint density at radius 1 is 1.33 bits per heavy atom. The number of rotatable bonds is 4. The quantitative estimate of drug-likeness (QED) is 0.637. The SMILES string of the molecule is [C-]#[N+]c1ccc(COc2ncccc2C2=CCN(C(=O)OC(C)(C)C)CC2)c(F)c1. The zero-order valence-electron chi connectivity index (χ0n) is 17.3. The fourth-order valence-electron chi connectivity index (χ4n) is 3.03. The van der Waals surface area contributed by atoms with E-state index in [0.29, 0.717) is 31.0 Å². The lowest BCUT2D eigenvalue weighted by molar-refractivity contribution is 0.0270. The smallest absolute Gasteiger partial charge is 0.410 e. The molecule has 0 N–H and O–H groups in total. The monoisotopic (exact) mass is 409 g/mol. The van der Waals surface area contributed by atoms with Gasteiger partial charge >= 0.3 is 6.09 Å². The zero-order valence-corrected chi connectivity index (χ0v) is 17.3. The summed E-state index contributed by atoms with van der Waals surface area (Å²) in [5.74, 6) is -0.0750. The third-order valence-corrected chi connectivity index (χ3v) is 4.51. The largest absolute Gasteiger partial charge is 0.472 e. The number of aromatic nitrogens is 1. The van der Waals surface area contributed by atoms with Crippen molar-refractivity contribution < 1.29 is 18.7 Å². The van der Waals surface area contributed by atoms with Crippen LogP contribution in [0.1, 0.15) is 38.3 Å². The number of halogens is 1. The highest BCUT2D eigenvalue weighted by atomic mass is 19.1. The molecule has 0 spiro atoms. The number of ether oxygens (including phenoxy) is 2. The van der Waals surface area contributed by atoms with Gasteiger partial charge in [-0.3, -0.25) is 0 Å². The molecule has 0 bridgehead atoms. The summed E-state index contributed by atoms with van der Waals surface area (Å²) in [4.78, 5) is 21.4. The first-order chi connectivity index (χ1) is 14.3. The highest BCUT2D eigenvalue weighted by molar-refractivity contribution is 5.74. The van der Waals surface area contributed by atoms with Crippen molar-refractivity contribution in [2.75, 3.05) is 13.1 Å². The minimum Gasteiger partial charge on any atom is -0.472 e. The van der Waals surface area contributed by atoms with Crippen molar-refractivity contribution in [3.63, 3.8) is 0 Å². The Morgan fingerprint density at radius 3 is 2.77 bits per heavy atom. The van der Waals surface area contributed by atoms with Gasteiger partial charge in [0.05, 0.1) is 6.57 Å². The topological polar surface area (TPSA) is 56.0 Å². The van der Waals surface area contributed by atoms with Gasteiger partial charge in [0.2, 0.25) is 5.88 Å². The van der Waals surface area contributed by atoms with Crippen molar-refractivity contribution in [1.82, 2.24) is 9.88 Å². The fraction of sp³-hybridized carbons (Fsp3) is 0.348. The summed E-state index contributed by atoms with van der Waals surface area (Å²) in [6.07, 6.45) is 3.88. The van der Waals surface area contributed by atoms with Crippen LogP contribution in [0.4, 0.5) is 14.9 Å². The van der Waals surface area contributed by atoms with E-state index in [1.807, 2.05) is 39.0 Å². The van der Waals surface area contributed by atoms with Crippen molar-refractivity contribution in [1.29, 1.82) is 0 Å². The average Bonchev–Trinajstić information content (AvgIpc) is 2.72. The van der Waals surface area contributed by atoms with E-state index in [9.17, 15) is 9.18 Å². The molecule has 0 saturated carbocycles. The summed E-state index contributed by atoms with van der Waals surface area (Å²) >= 11 is 0. The molecule has 6 nitrogen and oxygen atoms in total. The molecule has 0 unspecified atom stereocenters. The maximum Gasteiger partial charge on any atom is 0.410 e. The molecule has 7 heteroatoms. The molecule has 0 fully saturated rings. The molecule has 30 heavy (non-hydrogen) atoms. The van der Waals surface area contributed by atoms with Crippen LogP contribution in [-0.4, -0.2) is 34.7 Å². The minimum atomic E-state index is -0.534. The van der Waals surface area contributed by atoms with Gasteiger partial charge in [-0.25, -0.2) is 19.0 Å². The van der Waals surface area contributed by atoms with Crippen LogP contribution < -0.4 is 4.74 Å². The lowest BCUT2D eigenvalue weighted by Crippen LogP contribution is -2.39. The number of nitrogens with zero attached hydrogens (tertiary/aromatic N) is 3. The number of amides is 1. The van der Waals surface area contributed by atoms with Crippen molar-refractivity contribution in [2.45, 2.75) is 39.4 Å². The maximum atomic E-state index is 14.1. The van der Waals surface area contributed by atoms with Gasteiger partial charge in [-0.1, -0.05) is 18.2 Å². The third-order valence-electron chi connectivity index (χ3n) is 4.51. The van der Waals surface area contributed by atoms with Crippen LogP contribution in [0.3, 0.4) is 0 Å². The number of hydrogen-bond acceptors (Lipinski definition) is 4. The van der Waals surface area contributed by atoms with Crippen molar-refractivity contribution in [2.24, 2.45) is 0 Å². The minimum absolute atomic E-state index is 0.00540. The molecule has 0 aliphatic carbocycles. The van der Waals surface area contributed by atoms with Crippen LogP contribution in [-0.2, 0) is 11.3 Å². The van der Waals surface area contributed by atoms with E-state index in [1.165, 1.54) is 6.07 Å². The summed E-state index contributed by atoms with van der Waals surface area (Å²) in [5.41, 5.74) is 1.90. The fourth-order valence-corrected chi connectivity index (χ4v) is 3.03. The molecule has 0 radical (unpaired) electrons. The van der Waals surface area contributed by atoms with E-state index in [4.69, 9.17) is 16.0 Å². The molecule has 0 atom stereocenters. The van der Waals surface area contributed by atoms with Gasteiger partial charge in [0.25, 0.3) is 0 Å². The van der Waals surface area contributed by atoms with Crippen molar-refractivity contribution in [3.8, 4) is 5.88 Å². The van der Waals surface area contributed by atoms with Gasteiger partial charge in [0.15, 0.2) is 5.69 Å². The lowest BCUT2D eigenvalue weighted by atomic mass is 10.0. The molecular formula is C23H24FN3O3. The first-order valence-electron chi connectivity index (χ1n) is 9.68. The zero-order chi connectivity index (χ0) is 21.7. The Labute approximate surface area is 175 Å². The summed E-state index contributed by atoms with van der Waals surface area (Å²) in [7, 11) is 0. The second-order valence-corrected chi connectivity index (χ2v) is 7.94. The molecule has 156 valence electrons. The number of carbonyl (C=O) groups is 1. The standard InChI is InChI=1S/C23H24FN3O3/c1-23(2,3)30-22(28)27-12-9-16(10-13-27)19-6-5-11-26-21(19)29-15-17-7-8-18(25-4)14-20(17)24/h5-9,11,14H,10,12-13,15H2,1-3H3. The van der Waals surface area contributed by atoms with Crippen LogP contribution in [0.15, 0.2) is 42.6 Å². The normalized spacial score (nSPS) is 14.0. The molecular weight excluding hydrogens is 385 g/mol. The van der Waals surface area contributed by atoms with Gasteiger partial charge < -0.3 is 14.4 Å². The highest BCUT2D eigenvalue weighted by Gasteiger charge is 2.24. The molecule has 1 aromatic heterocycles. The van der Waals surface area contributed by atoms with E-state index < -0.39 is 11.4 Å². The van der Waals surface area contributed by atoms with E-state index in [1.54, 1.807) is 23.2 Å². The van der Waals surface area contributed by atoms with Crippen molar-refractivity contribution in [3.05, 3.63) is 71.0 Å². The van der Waals surface area contributed by atoms with E-state index in [-0.39, 0.29) is 18.4 Å². The molecule has 1 aliphatic rings. The van der Waals surface area contributed by atoms with Crippen LogP contribution in [0.2, 0.25) is 0 Å². The second-order valence-electron chi connectivity index (χ2n) is 7.94. The highest BCUT2D eigenvalue weighted by Crippen LogP contribution is 2.30. The molecule has 2 heterocycles. The van der Waals surface area contributed by atoms with Crippen molar-refractivity contribution >= 4 is 17.4 Å². The van der Waals surface area contributed by atoms with Gasteiger partial charge in [0, 0.05) is 30.4 Å². The number of carbonyl (C=O) groups excluding carboxylic acids is 1. The first-order valence-corrected chi connectivity index (χ1v) is 9.68. The van der Waals surface area contributed by atoms with Gasteiger partial charge in [-0.05, 0) is 51.0 Å². The Bertz CT molecular complexity index is 1010. The molecule has 1 aromatic carbocycles. The summed E-state index contributed by atoms with van der Waals surface area (Å²) in [6.45, 7) is 13.4. The van der Waals surface area contributed by atoms with E-state index in [0.717, 1.165) is 11.1 Å². The summed E-state index contributed by atoms with van der Waals surface area (Å²) in [5, 5.41) is 0. The molecule has 3 rings (SSSR count). The Morgan fingerprint density at radius 2 is 2.13 bits per heavy atom. The molecule has 2 aromatic rings. The van der Waals surface area contributed by atoms with Crippen LogP contribution >= 0.6 is 0 Å². The summed E-state index contributed by atoms with van der Waals surface area (Å²) in [6, 6.07) is 8.01. The van der Waals surface area contributed by atoms with Crippen LogP contribution in [0.25, 0.3) is 10.4 Å². The molecule has 1 amide bonds. The Balaban J connectivity index is 1.70. The number of pyridine rings is 1. The second kappa shape index (κ2) is 8.95. The lowest BCUT2D eigenvalue weighted by Gasteiger charge is -2.29. The Hall–Kier alpha value is -3.40. The van der Waals surface area contributed by atoms with Gasteiger partial charge in [-0.2, -0.15) is 0 Å². The van der Waals surface area contributed by atoms with E-state index >= 15 is 0 Å². The predicted octanol–water partition coefficient (Wildman–Crippen LogP) is 5.37. The molecule has 1 aliphatic heterocycles. The van der Waals surface area contributed by atoms with Crippen LogP contribution in [0.5, 0.6) is 5.88 Å². The molecule has 0 saturated heterocycles. The predicted molar refractivity (Wildman–Crippen MR) is 112 cm³/mol. The maximum absolute atomic E-state index is 14.1. The summed E-state index contributed by atoms with van der Waals surface area (Å²) < 4.78 is 25.3. The van der Waals surface area contributed by atoms with E-state index in [2.05, 4.69) is 9.83 Å². The Kier molecular flexibility index (Phi) is 6.36. The number of hydrogen-bond donors (Lipinski definition) is 0.